The summed E-state index contributed by atoms with van der Waals surface area (Å²) in [5, 5.41) is 0. The molecule has 2 nitrogen and oxygen atoms in total. The van der Waals surface area contributed by atoms with Crippen LogP contribution in [-0.2, 0) is 0 Å². The van der Waals surface area contributed by atoms with Crippen molar-refractivity contribution in [1.82, 2.24) is 4.90 Å². The van der Waals surface area contributed by atoms with E-state index < -0.39 is 0 Å². The first-order valence-electron chi connectivity index (χ1n) is 7.05. The summed E-state index contributed by atoms with van der Waals surface area (Å²) >= 11 is 1.75. The van der Waals surface area contributed by atoms with Crippen LogP contribution in [0.25, 0.3) is 0 Å². The van der Waals surface area contributed by atoms with Gasteiger partial charge in [0, 0.05) is 23.5 Å². The highest BCUT2D eigenvalue weighted by molar-refractivity contribution is 7.98. The SMILES string of the molecule is CSc1ccccc1OC1CCN(C(C)(C)C)CC1. The third kappa shape index (κ3) is 3.90. The first-order valence-corrected chi connectivity index (χ1v) is 8.28. The fourth-order valence-electron chi connectivity index (χ4n) is 2.54. The monoisotopic (exact) mass is 279 g/mol. The number of thioether (sulfide) groups is 1. The summed E-state index contributed by atoms with van der Waals surface area (Å²) in [5.74, 6) is 1.05. The largest absolute Gasteiger partial charge is 0.489 e. The lowest BCUT2D eigenvalue weighted by Gasteiger charge is -2.40. The Labute approximate surface area is 121 Å². The highest BCUT2D eigenvalue weighted by atomic mass is 32.2. The van der Waals surface area contributed by atoms with Gasteiger partial charge >= 0.3 is 0 Å². The predicted octanol–water partition coefficient (Wildman–Crippen LogP) is 4.05. The summed E-state index contributed by atoms with van der Waals surface area (Å²) in [6.07, 6.45) is 4.72. The second-order valence-corrected chi connectivity index (χ2v) is 6.97. The molecule has 1 fully saturated rings. The van der Waals surface area contributed by atoms with Crippen molar-refractivity contribution < 1.29 is 4.74 Å². The van der Waals surface area contributed by atoms with Crippen LogP contribution in [0.15, 0.2) is 29.2 Å². The van der Waals surface area contributed by atoms with E-state index in [2.05, 4.69) is 56.2 Å². The van der Waals surface area contributed by atoms with E-state index in [4.69, 9.17) is 4.74 Å². The fourth-order valence-corrected chi connectivity index (χ4v) is 3.07. The molecule has 0 amide bonds. The summed E-state index contributed by atoms with van der Waals surface area (Å²) in [6.45, 7) is 9.14. The van der Waals surface area contributed by atoms with Crippen molar-refractivity contribution in [2.24, 2.45) is 0 Å². The third-order valence-corrected chi connectivity index (χ3v) is 4.53. The second-order valence-electron chi connectivity index (χ2n) is 6.13. The van der Waals surface area contributed by atoms with Gasteiger partial charge in [0.1, 0.15) is 11.9 Å². The van der Waals surface area contributed by atoms with Gasteiger partial charge in [0.2, 0.25) is 0 Å². The average Bonchev–Trinajstić information content (AvgIpc) is 2.39. The predicted molar refractivity (Wildman–Crippen MR) is 83.2 cm³/mol. The van der Waals surface area contributed by atoms with Crippen LogP contribution in [0.5, 0.6) is 5.75 Å². The molecular formula is C16H25NOS. The number of nitrogens with zero attached hydrogens (tertiary/aromatic N) is 1. The molecule has 1 aliphatic heterocycles. The zero-order valence-electron chi connectivity index (χ0n) is 12.5. The molecular weight excluding hydrogens is 254 g/mol. The maximum Gasteiger partial charge on any atom is 0.133 e. The summed E-state index contributed by atoms with van der Waals surface area (Å²) in [5.41, 5.74) is 0.280. The van der Waals surface area contributed by atoms with Gasteiger partial charge < -0.3 is 4.74 Å². The molecule has 0 N–H and O–H groups in total. The van der Waals surface area contributed by atoms with Gasteiger partial charge in [0.25, 0.3) is 0 Å². The topological polar surface area (TPSA) is 12.5 Å². The van der Waals surface area contributed by atoms with E-state index in [1.807, 2.05) is 0 Å². The highest BCUT2D eigenvalue weighted by Crippen LogP contribution is 2.30. The summed E-state index contributed by atoms with van der Waals surface area (Å²) in [6, 6.07) is 8.34. The molecule has 0 saturated carbocycles. The van der Waals surface area contributed by atoms with E-state index in [9.17, 15) is 0 Å². The number of rotatable bonds is 3. The molecule has 1 heterocycles. The number of piperidine rings is 1. The maximum absolute atomic E-state index is 6.19. The van der Waals surface area contributed by atoms with Gasteiger partial charge in [-0.15, -0.1) is 11.8 Å². The molecule has 0 radical (unpaired) electrons. The quantitative estimate of drug-likeness (QED) is 0.775. The molecule has 1 aliphatic rings. The molecule has 1 saturated heterocycles. The summed E-state index contributed by atoms with van der Waals surface area (Å²) < 4.78 is 6.19. The van der Waals surface area contributed by atoms with E-state index in [-0.39, 0.29) is 5.54 Å². The molecule has 0 aromatic heterocycles. The van der Waals surface area contributed by atoms with Gasteiger partial charge in [-0.2, -0.15) is 0 Å². The van der Waals surface area contributed by atoms with Crippen LogP contribution >= 0.6 is 11.8 Å². The minimum absolute atomic E-state index is 0.280. The fraction of sp³-hybridized carbons (Fsp3) is 0.625. The number of para-hydroxylation sites is 1. The Bertz CT molecular complexity index is 405. The number of hydrogen-bond donors (Lipinski definition) is 0. The maximum atomic E-state index is 6.19. The second kappa shape index (κ2) is 6.19. The van der Waals surface area contributed by atoms with Crippen molar-refractivity contribution in [2.75, 3.05) is 19.3 Å². The molecule has 0 bridgehead atoms. The Hall–Kier alpha value is -0.670. The minimum Gasteiger partial charge on any atom is -0.489 e. The van der Waals surface area contributed by atoms with Crippen LogP contribution in [-0.4, -0.2) is 35.9 Å². The summed E-state index contributed by atoms with van der Waals surface area (Å²) in [4.78, 5) is 3.79. The van der Waals surface area contributed by atoms with Gasteiger partial charge in [0.05, 0.1) is 0 Å². The molecule has 19 heavy (non-hydrogen) atoms. The Kier molecular flexibility index (Phi) is 4.80. The van der Waals surface area contributed by atoms with E-state index in [0.29, 0.717) is 6.10 Å². The van der Waals surface area contributed by atoms with Crippen LogP contribution < -0.4 is 4.74 Å². The molecule has 1 aromatic rings. The Morgan fingerprint density at radius 2 is 1.79 bits per heavy atom. The van der Waals surface area contributed by atoms with Gasteiger partial charge in [-0.05, 0) is 52.0 Å². The van der Waals surface area contributed by atoms with E-state index in [1.165, 1.54) is 4.90 Å². The standard InChI is InChI=1S/C16H25NOS/c1-16(2,3)17-11-9-13(10-12-17)18-14-7-5-6-8-15(14)19-4/h5-8,13H,9-12H2,1-4H3. The van der Waals surface area contributed by atoms with Crippen LogP contribution in [0, 0.1) is 0 Å². The van der Waals surface area contributed by atoms with Crippen molar-refractivity contribution in [3.63, 3.8) is 0 Å². The molecule has 2 rings (SSSR count). The molecule has 1 aromatic carbocycles. The van der Waals surface area contributed by atoms with E-state index in [1.54, 1.807) is 11.8 Å². The van der Waals surface area contributed by atoms with Crippen molar-refractivity contribution in [3.05, 3.63) is 24.3 Å². The summed E-state index contributed by atoms with van der Waals surface area (Å²) in [7, 11) is 0. The first kappa shape index (κ1) is 14.7. The van der Waals surface area contributed by atoms with Gasteiger partial charge in [-0.25, -0.2) is 0 Å². The number of ether oxygens (including phenoxy) is 1. The first-order chi connectivity index (χ1) is 9.00. The van der Waals surface area contributed by atoms with Crippen molar-refractivity contribution >= 4 is 11.8 Å². The number of hydrogen-bond acceptors (Lipinski definition) is 3. The average molecular weight is 279 g/mol. The van der Waals surface area contributed by atoms with Gasteiger partial charge in [0.15, 0.2) is 0 Å². The van der Waals surface area contributed by atoms with Crippen LogP contribution in [0.3, 0.4) is 0 Å². The van der Waals surface area contributed by atoms with Gasteiger partial charge in [-0.3, -0.25) is 4.90 Å². The molecule has 0 unspecified atom stereocenters. The lowest BCUT2D eigenvalue weighted by atomic mass is 9.99. The Morgan fingerprint density at radius 3 is 2.37 bits per heavy atom. The molecule has 3 heteroatoms. The zero-order chi connectivity index (χ0) is 13.9. The molecule has 0 spiro atoms. The Balaban J connectivity index is 1.92. The number of likely N-dealkylation sites (tertiary alicyclic amines) is 1. The minimum atomic E-state index is 0.280. The van der Waals surface area contributed by atoms with Crippen molar-refractivity contribution in [3.8, 4) is 5.75 Å². The molecule has 0 atom stereocenters. The van der Waals surface area contributed by atoms with Gasteiger partial charge in [-0.1, -0.05) is 12.1 Å². The third-order valence-electron chi connectivity index (χ3n) is 3.75. The Morgan fingerprint density at radius 1 is 1.16 bits per heavy atom. The lowest BCUT2D eigenvalue weighted by molar-refractivity contribution is 0.0480. The molecule has 0 aliphatic carbocycles. The molecule has 106 valence electrons. The van der Waals surface area contributed by atoms with Crippen molar-refractivity contribution in [2.45, 2.75) is 50.2 Å². The normalized spacial score (nSPS) is 18.5. The lowest BCUT2D eigenvalue weighted by Crippen LogP contribution is -2.48. The van der Waals surface area contributed by atoms with E-state index in [0.717, 1.165) is 31.7 Å². The smallest absolute Gasteiger partial charge is 0.133 e. The number of benzene rings is 1. The van der Waals surface area contributed by atoms with Crippen molar-refractivity contribution in [1.29, 1.82) is 0 Å². The van der Waals surface area contributed by atoms with E-state index >= 15 is 0 Å². The van der Waals surface area contributed by atoms with Crippen LogP contribution in [0.4, 0.5) is 0 Å². The van der Waals surface area contributed by atoms with Crippen LogP contribution in [0.2, 0.25) is 0 Å². The van der Waals surface area contributed by atoms with Crippen LogP contribution in [0.1, 0.15) is 33.6 Å². The zero-order valence-corrected chi connectivity index (χ0v) is 13.3. The highest BCUT2D eigenvalue weighted by Gasteiger charge is 2.27.